The monoisotopic (exact) mass is 261 g/mol. The van der Waals surface area contributed by atoms with Gasteiger partial charge in [0.25, 0.3) is 5.91 Å². The topological polar surface area (TPSA) is 29.1 Å². The molecule has 0 saturated heterocycles. The average Bonchev–Trinajstić information content (AvgIpc) is 2.38. The molecular formula is C15H13F2NO. The SMILES string of the molecule is Cc1cccc(C(=O)Nc2cccc(F)c2C)c1F. The zero-order valence-corrected chi connectivity index (χ0v) is 10.6. The van der Waals surface area contributed by atoms with Crippen molar-refractivity contribution in [3.8, 4) is 0 Å². The first-order valence-electron chi connectivity index (χ1n) is 5.82. The van der Waals surface area contributed by atoms with Gasteiger partial charge in [-0.1, -0.05) is 18.2 Å². The van der Waals surface area contributed by atoms with Crippen LogP contribution >= 0.6 is 0 Å². The summed E-state index contributed by atoms with van der Waals surface area (Å²) in [7, 11) is 0. The van der Waals surface area contributed by atoms with Gasteiger partial charge in [-0.15, -0.1) is 0 Å². The molecule has 0 spiro atoms. The smallest absolute Gasteiger partial charge is 0.258 e. The summed E-state index contributed by atoms with van der Waals surface area (Å²) in [5.74, 6) is -1.56. The van der Waals surface area contributed by atoms with Crippen LogP contribution in [0, 0.1) is 25.5 Å². The number of benzene rings is 2. The van der Waals surface area contributed by atoms with Crippen molar-refractivity contribution in [2.24, 2.45) is 0 Å². The summed E-state index contributed by atoms with van der Waals surface area (Å²) in [6, 6.07) is 8.95. The molecule has 0 atom stereocenters. The van der Waals surface area contributed by atoms with Gasteiger partial charge in [-0.3, -0.25) is 4.79 Å². The van der Waals surface area contributed by atoms with E-state index in [4.69, 9.17) is 0 Å². The van der Waals surface area contributed by atoms with Crippen molar-refractivity contribution in [3.05, 3.63) is 64.7 Å². The van der Waals surface area contributed by atoms with Crippen LogP contribution in [0.4, 0.5) is 14.5 Å². The molecule has 4 heteroatoms. The fourth-order valence-corrected chi connectivity index (χ4v) is 1.76. The van der Waals surface area contributed by atoms with Crippen molar-refractivity contribution >= 4 is 11.6 Å². The van der Waals surface area contributed by atoms with Gasteiger partial charge in [0, 0.05) is 11.3 Å². The van der Waals surface area contributed by atoms with Crippen molar-refractivity contribution in [1.29, 1.82) is 0 Å². The highest BCUT2D eigenvalue weighted by Crippen LogP contribution is 2.19. The number of halogens is 2. The van der Waals surface area contributed by atoms with Gasteiger partial charge < -0.3 is 5.32 Å². The van der Waals surface area contributed by atoms with E-state index in [-0.39, 0.29) is 5.56 Å². The molecule has 0 saturated carbocycles. The zero-order valence-electron chi connectivity index (χ0n) is 10.6. The molecule has 2 rings (SSSR count). The standard InChI is InChI=1S/C15H13F2NO/c1-9-5-3-6-11(14(9)17)15(19)18-13-8-4-7-12(16)10(13)2/h3-8H,1-2H3,(H,18,19). The Morgan fingerprint density at radius 1 is 1.05 bits per heavy atom. The zero-order chi connectivity index (χ0) is 14.0. The van der Waals surface area contributed by atoms with Crippen LogP contribution < -0.4 is 5.32 Å². The fraction of sp³-hybridized carbons (Fsp3) is 0.133. The molecule has 2 aromatic carbocycles. The molecular weight excluding hydrogens is 248 g/mol. The Hall–Kier alpha value is -2.23. The van der Waals surface area contributed by atoms with Crippen molar-refractivity contribution in [3.63, 3.8) is 0 Å². The van der Waals surface area contributed by atoms with Crippen molar-refractivity contribution in [2.75, 3.05) is 5.32 Å². The molecule has 0 unspecified atom stereocenters. The van der Waals surface area contributed by atoms with Crippen LogP contribution in [-0.4, -0.2) is 5.91 Å². The molecule has 0 aromatic heterocycles. The number of hydrogen-bond donors (Lipinski definition) is 1. The predicted octanol–water partition coefficient (Wildman–Crippen LogP) is 3.83. The van der Waals surface area contributed by atoms with E-state index in [0.29, 0.717) is 16.8 Å². The minimum atomic E-state index is -0.588. The molecule has 2 nitrogen and oxygen atoms in total. The van der Waals surface area contributed by atoms with Crippen LogP contribution in [0.3, 0.4) is 0 Å². The molecule has 0 heterocycles. The average molecular weight is 261 g/mol. The van der Waals surface area contributed by atoms with E-state index in [1.165, 1.54) is 18.2 Å². The number of nitrogens with one attached hydrogen (secondary N) is 1. The van der Waals surface area contributed by atoms with E-state index in [1.54, 1.807) is 32.0 Å². The number of hydrogen-bond acceptors (Lipinski definition) is 1. The Bertz CT molecular complexity index is 638. The molecule has 1 amide bonds. The molecule has 0 radical (unpaired) electrons. The molecule has 0 aliphatic heterocycles. The molecule has 19 heavy (non-hydrogen) atoms. The maximum absolute atomic E-state index is 13.8. The van der Waals surface area contributed by atoms with E-state index in [2.05, 4.69) is 5.32 Å². The van der Waals surface area contributed by atoms with E-state index < -0.39 is 17.5 Å². The first-order chi connectivity index (χ1) is 9.00. The summed E-state index contributed by atoms with van der Waals surface area (Å²) in [6.07, 6.45) is 0. The first kappa shape index (κ1) is 13.2. The van der Waals surface area contributed by atoms with Crippen molar-refractivity contribution in [2.45, 2.75) is 13.8 Å². The summed E-state index contributed by atoms with van der Waals surface area (Å²) in [5.41, 5.74) is 1.00. The minimum Gasteiger partial charge on any atom is -0.322 e. The maximum atomic E-state index is 13.8. The number of carbonyl (C=O) groups excluding carboxylic acids is 1. The molecule has 0 aliphatic rings. The Kier molecular flexibility index (Phi) is 3.60. The molecule has 0 aliphatic carbocycles. The van der Waals surface area contributed by atoms with Gasteiger partial charge in [-0.2, -0.15) is 0 Å². The molecule has 1 N–H and O–H groups in total. The summed E-state index contributed by atoms with van der Waals surface area (Å²) < 4.78 is 27.1. The summed E-state index contributed by atoms with van der Waals surface area (Å²) in [6.45, 7) is 3.14. The second-order valence-corrected chi connectivity index (χ2v) is 4.30. The summed E-state index contributed by atoms with van der Waals surface area (Å²) in [4.78, 5) is 12.0. The molecule has 0 bridgehead atoms. The lowest BCUT2D eigenvalue weighted by molar-refractivity contribution is 0.102. The fourth-order valence-electron chi connectivity index (χ4n) is 1.76. The van der Waals surface area contributed by atoms with Gasteiger partial charge >= 0.3 is 0 Å². The lowest BCUT2D eigenvalue weighted by Gasteiger charge is -2.10. The highest BCUT2D eigenvalue weighted by Gasteiger charge is 2.14. The van der Waals surface area contributed by atoms with Gasteiger partial charge in [0.2, 0.25) is 0 Å². The van der Waals surface area contributed by atoms with Crippen LogP contribution in [0.25, 0.3) is 0 Å². The number of carbonyl (C=O) groups is 1. The van der Waals surface area contributed by atoms with Gasteiger partial charge in [0.05, 0.1) is 5.56 Å². The first-order valence-corrected chi connectivity index (χ1v) is 5.82. The van der Waals surface area contributed by atoms with E-state index in [9.17, 15) is 13.6 Å². The van der Waals surface area contributed by atoms with E-state index in [0.717, 1.165) is 0 Å². The van der Waals surface area contributed by atoms with Gasteiger partial charge in [0.1, 0.15) is 11.6 Å². The second kappa shape index (κ2) is 5.18. The normalized spacial score (nSPS) is 10.3. The number of aryl methyl sites for hydroxylation is 1. The van der Waals surface area contributed by atoms with Crippen LogP contribution in [0.1, 0.15) is 21.5 Å². The lowest BCUT2D eigenvalue weighted by Crippen LogP contribution is -2.15. The maximum Gasteiger partial charge on any atom is 0.258 e. The third-order valence-electron chi connectivity index (χ3n) is 2.95. The van der Waals surface area contributed by atoms with Crippen LogP contribution in [0.2, 0.25) is 0 Å². The lowest BCUT2D eigenvalue weighted by atomic mass is 10.1. The van der Waals surface area contributed by atoms with Gasteiger partial charge in [0.15, 0.2) is 0 Å². The predicted molar refractivity (Wildman–Crippen MR) is 70.2 cm³/mol. The largest absolute Gasteiger partial charge is 0.322 e. The van der Waals surface area contributed by atoms with Gasteiger partial charge in [-0.05, 0) is 37.6 Å². The highest BCUT2D eigenvalue weighted by atomic mass is 19.1. The van der Waals surface area contributed by atoms with Crippen LogP contribution in [0.5, 0.6) is 0 Å². The van der Waals surface area contributed by atoms with E-state index in [1.807, 2.05) is 0 Å². The van der Waals surface area contributed by atoms with Crippen molar-refractivity contribution in [1.82, 2.24) is 0 Å². The minimum absolute atomic E-state index is 0.0522. The summed E-state index contributed by atoms with van der Waals surface area (Å²) in [5, 5.41) is 2.52. The second-order valence-electron chi connectivity index (χ2n) is 4.30. The van der Waals surface area contributed by atoms with E-state index >= 15 is 0 Å². The quantitative estimate of drug-likeness (QED) is 0.874. The Balaban J connectivity index is 2.31. The third-order valence-corrected chi connectivity index (χ3v) is 2.95. The Labute approximate surface area is 110 Å². The van der Waals surface area contributed by atoms with Crippen molar-refractivity contribution < 1.29 is 13.6 Å². The number of anilines is 1. The molecule has 0 fully saturated rings. The highest BCUT2D eigenvalue weighted by molar-refractivity contribution is 6.04. The number of rotatable bonds is 2. The number of amides is 1. The Morgan fingerprint density at radius 2 is 1.74 bits per heavy atom. The Morgan fingerprint density at radius 3 is 2.47 bits per heavy atom. The molecule has 2 aromatic rings. The third kappa shape index (κ3) is 2.62. The molecule has 98 valence electrons. The van der Waals surface area contributed by atoms with Crippen LogP contribution in [-0.2, 0) is 0 Å². The summed E-state index contributed by atoms with van der Waals surface area (Å²) >= 11 is 0. The van der Waals surface area contributed by atoms with Crippen LogP contribution in [0.15, 0.2) is 36.4 Å². The van der Waals surface area contributed by atoms with Gasteiger partial charge in [-0.25, -0.2) is 8.78 Å².